The van der Waals surface area contributed by atoms with E-state index in [4.69, 9.17) is 20.7 Å². The van der Waals surface area contributed by atoms with Crippen LogP contribution in [0.1, 0.15) is 65.5 Å². The van der Waals surface area contributed by atoms with Gasteiger partial charge >= 0.3 is 11.9 Å². The van der Waals surface area contributed by atoms with E-state index in [-0.39, 0.29) is 11.8 Å². The van der Waals surface area contributed by atoms with Crippen molar-refractivity contribution in [2.24, 2.45) is 22.7 Å². The van der Waals surface area contributed by atoms with Gasteiger partial charge in [-0.1, -0.05) is 68.4 Å². The molecule has 8 heteroatoms. The van der Waals surface area contributed by atoms with Crippen molar-refractivity contribution >= 4 is 18.0 Å². The number of esters is 2. The number of carbonyl (C=O) groups excluding carboxylic acids is 2. The zero-order valence-corrected chi connectivity index (χ0v) is 21.1. The van der Waals surface area contributed by atoms with Crippen LogP contribution in [0.3, 0.4) is 0 Å². The second-order valence-electron chi connectivity index (χ2n) is 9.73. The van der Waals surface area contributed by atoms with Crippen molar-refractivity contribution in [3.8, 4) is 0 Å². The van der Waals surface area contributed by atoms with Crippen molar-refractivity contribution in [2.75, 3.05) is 0 Å². The minimum Gasteiger partial charge on any atom is -0.460 e. The number of carbonyl (C=O) groups is 2. The molecule has 0 saturated carbocycles. The van der Waals surface area contributed by atoms with Gasteiger partial charge in [0, 0.05) is 23.3 Å². The van der Waals surface area contributed by atoms with Crippen molar-refractivity contribution in [1.82, 2.24) is 0 Å². The van der Waals surface area contributed by atoms with Crippen LogP contribution in [-0.2, 0) is 25.6 Å². The standard InChI is InChI=1S/C26H38N4O4/c1-18(2)16-22(27)25(32)33-23(8-7-9-24(31)34-26(4,5)6)19(3)10-11-20-12-14-21(15-13-20)17-29-30-28/h7,9-15,18-19,22-23H,8,16-17,27H2,1-6H3/b9-7+,11-10+. The van der Waals surface area contributed by atoms with Gasteiger partial charge in [-0.05, 0) is 49.8 Å². The molecule has 0 amide bonds. The number of hydrogen-bond donors (Lipinski definition) is 1. The Kier molecular flexibility index (Phi) is 12.1. The zero-order valence-electron chi connectivity index (χ0n) is 21.1. The maximum absolute atomic E-state index is 12.6. The lowest BCUT2D eigenvalue weighted by molar-refractivity contribution is -0.152. The number of hydrogen-bond acceptors (Lipinski definition) is 6. The summed E-state index contributed by atoms with van der Waals surface area (Å²) in [6.07, 6.45) is 7.30. The first-order valence-electron chi connectivity index (χ1n) is 11.5. The number of nitrogens with two attached hydrogens (primary N) is 1. The maximum atomic E-state index is 12.6. The van der Waals surface area contributed by atoms with Gasteiger partial charge < -0.3 is 15.2 Å². The monoisotopic (exact) mass is 470 g/mol. The van der Waals surface area contributed by atoms with Crippen molar-refractivity contribution in [1.29, 1.82) is 0 Å². The van der Waals surface area contributed by atoms with E-state index in [0.717, 1.165) is 11.1 Å². The van der Waals surface area contributed by atoms with Gasteiger partial charge in [-0.25, -0.2) is 4.79 Å². The largest absolute Gasteiger partial charge is 0.460 e. The molecule has 0 fully saturated rings. The molecule has 2 N–H and O–H groups in total. The fourth-order valence-electron chi connectivity index (χ4n) is 3.08. The van der Waals surface area contributed by atoms with Crippen LogP contribution in [0.15, 0.2) is 47.6 Å². The first-order valence-corrected chi connectivity index (χ1v) is 11.5. The third kappa shape index (κ3) is 12.2. The molecule has 0 bridgehead atoms. The number of azide groups is 1. The number of benzene rings is 1. The van der Waals surface area contributed by atoms with Crippen molar-refractivity contribution in [2.45, 2.75) is 78.7 Å². The summed E-state index contributed by atoms with van der Waals surface area (Å²) in [5.41, 5.74) is 15.7. The first-order chi connectivity index (χ1) is 15.9. The Morgan fingerprint density at radius 2 is 1.82 bits per heavy atom. The zero-order chi connectivity index (χ0) is 25.7. The Morgan fingerprint density at radius 3 is 2.38 bits per heavy atom. The van der Waals surface area contributed by atoms with Crippen molar-refractivity contribution in [3.63, 3.8) is 0 Å². The lowest BCUT2D eigenvalue weighted by Gasteiger charge is -2.23. The Labute approximate surface area is 202 Å². The summed E-state index contributed by atoms with van der Waals surface area (Å²) < 4.78 is 11.0. The minimum absolute atomic E-state index is 0.138. The summed E-state index contributed by atoms with van der Waals surface area (Å²) in [5, 5.41) is 3.55. The van der Waals surface area contributed by atoms with Crippen LogP contribution < -0.4 is 5.73 Å². The topological polar surface area (TPSA) is 127 Å². The van der Waals surface area contributed by atoms with E-state index in [1.807, 2.05) is 57.2 Å². The highest BCUT2D eigenvalue weighted by Crippen LogP contribution is 2.18. The highest BCUT2D eigenvalue weighted by Gasteiger charge is 2.24. The Hall–Kier alpha value is -3.09. The Bertz CT molecular complexity index is 894. The molecular formula is C26H38N4O4. The molecule has 8 nitrogen and oxygen atoms in total. The number of nitrogens with zero attached hydrogens (tertiary/aromatic N) is 3. The third-order valence-corrected chi connectivity index (χ3v) is 4.80. The van der Waals surface area contributed by atoms with Gasteiger partial charge in [0.1, 0.15) is 17.7 Å². The minimum atomic E-state index is -0.697. The Balaban J connectivity index is 2.91. The highest BCUT2D eigenvalue weighted by atomic mass is 16.6. The summed E-state index contributed by atoms with van der Waals surface area (Å²) in [4.78, 5) is 27.3. The molecule has 0 aliphatic heterocycles. The predicted molar refractivity (Wildman–Crippen MR) is 134 cm³/mol. The predicted octanol–water partition coefficient (Wildman–Crippen LogP) is 5.72. The van der Waals surface area contributed by atoms with Gasteiger partial charge in [0.25, 0.3) is 0 Å². The van der Waals surface area contributed by atoms with E-state index in [0.29, 0.717) is 19.4 Å². The highest BCUT2D eigenvalue weighted by molar-refractivity contribution is 5.82. The smallest absolute Gasteiger partial charge is 0.330 e. The van der Waals surface area contributed by atoms with Crippen LogP contribution in [0.4, 0.5) is 0 Å². The third-order valence-electron chi connectivity index (χ3n) is 4.80. The molecule has 0 saturated heterocycles. The lowest BCUT2D eigenvalue weighted by atomic mass is 9.99. The van der Waals surface area contributed by atoms with Crippen LogP contribution in [0.25, 0.3) is 16.5 Å². The van der Waals surface area contributed by atoms with E-state index in [2.05, 4.69) is 10.0 Å². The van der Waals surface area contributed by atoms with Gasteiger partial charge in [-0.2, -0.15) is 0 Å². The average molecular weight is 471 g/mol. The van der Waals surface area contributed by atoms with Crippen molar-refractivity contribution in [3.05, 3.63) is 64.1 Å². The summed E-state index contributed by atoms with van der Waals surface area (Å²) in [7, 11) is 0. The molecule has 1 rings (SSSR count). The van der Waals surface area contributed by atoms with E-state index >= 15 is 0 Å². The van der Waals surface area contributed by atoms with Crippen LogP contribution >= 0.6 is 0 Å². The molecule has 1 aromatic carbocycles. The Morgan fingerprint density at radius 1 is 1.18 bits per heavy atom. The van der Waals surface area contributed by atoms with Crippen LogP contribution in [-0.4, -0.2) is 29.7 Å². The summed E-state index contributed by atoms with van der Waals surface area (Å²) in [6.45, 7) is 11.6. The number of ether oxygens (including phenoxy) is 2. The molecule has 0 aromatic heterocycles. The second kappa shape index (κ2) is 14.2. The number of rotatable bonds is 12. The molecule has 3 unspecified atom stereocenters. The van der Waals surface area contributed by atoms with Gasteiger partial charge in [0.15, 0.2) is 0 Å². The summed E-state index contributed by atoms with van der Waals surface area (Å²) >= 11 is 0. The molecule has 1 aromatic rings. The van der Waals surface area contributed by atoms with Crippen molar-refractivity contribution < 1.29 is 19.1 Å². The molecule has 3 atom stereocenters. The molecule has 0 aliphatic rings. The fraction of sp³-hybridized carbons (Fsp3) is 0.538. The van der Waals surface area contributed by atoms with E-state index in [9.17, 15) is 9.59 Å². The van der Waals surface area contributed by atoms with Crippen LogP contribution in [0, 0.1) is 11.8 Å². The van der Waals surface area contributed by atoms with Gasteiger partial charge in [-0.15, -0.1) is 0 Å². The second-order valence-corrected chi connectivity index (χ2v) is 9.73. The molecular weight excluding hydrogens is 432 g/mol. The molecule has 186 valence electrons. The average Bonchev–Trinajstić information content (AvgIpc) is 2.74. The maximum Gasteiger partial charge on any atom is 0.330 e. The quantitative estimate of drug-likeness (QED) is 0.137. The lowest BCUT2D eigenvalue weighted by Crippen LogP contribution is -2.37. The van der Waals surface area contributed by atoms with Gasteiger partial charge in [-0.3, -0.25) is 4.79 Å². The molecule has 0 heterocycles. The van der Waals surface area contributed by atoms with Crippen LogP contribution in [0.2, 0.25) is 0 Å². The summed E-state index contributed by atoms with van der Waals surface area (Å²) in [5.74, 6) is -0.765. The fourth-order valence-corrected chi connectivity index (χ4v) is 3.08. The van der Waals surface area contributed by atoms with Gasteiger partial charge in [0.2, 0.25) is 0 Å². The van der Waals surface area contributed by atoms with E-state index < -0.39 is 29.7 Å². The van der Waals surface area contributed by atoms with Crippen LogP contribution in [0.5, 0.6) is 0 Å². The SMILES string of the molecule is CC(C)CC(N)C(=O)OC(C/C=C/C(=O)OC(C)(C)C)C(C)/C=C/c1ccc(CN=[N+]=[N-])cc1. The van der Waals surface area contributed by atoms with Gasteiger partial charge in [0.05, 0.1) is 6.54 Å². The van der Waals surface area contributed by atoms with E-state index in [1.165, 1.54) is 6.08 Å². The molecule has 0 aliphatic carbocycles. The molecule has 0 radical (unpaired) electrons. The summed E-state index contributed by atoms with van der Waals surface area (Å²) in [6, 6.07) is 6.94. The normalized spacial score (nSPS) is 14.6. The molecule has 34 heavy (non-hydrogen) atoms. The first kappa shape index (κ1) is 28.9. The molecule has 0 spiro atoms. The van der Waals surface area contributed by atoms with E-state index in [1.54, 1.807) is 26.8 Å².